The molecule has 9 nitrogen and oxygen atoms in total. The molecule has 1 unspecified atom stereocenters. The van der Waals surface area contributed by atoms with Gasteiger partial charge in [-0.3, -0.25) is 13.9 Å². The molecule has 0 radical (unpaired) electrons. The van der Waals surface area contributed by atoms with Gasteiger partial charge in [0.1, 0.15) is 25.8 Å². The van der Waals surface area contributed by atoms with Crippen molar-refractivity contribution < 1.29 is 27.5 Å². The molecule has 1 N–H and O–H groups in total. The number of carbonyl (C=O) groups is 2. The third-order valence-electron chi connectivity index (χ3n) is 7.39. The van der Waals surface area contributed by atoms with E-state index in [1.54, 1.807) is 25.1 Å². The SMILES string of the molecule is CCS(=O)(=O)N(CC(=O)N(Cc1ccc(C)cc1)C(C)C(=O)NC1CCCCC1)c1ccc2c(c1)OCCO2. The summed E-state index contributed by atoms with van der Waals surface area (Å²) in [6.07, 6.45) is 5.17. The first-order chi connectivity index (χ1) is 18.7. The fourth-order valence-electron chi connectivity index (χ4n) is 4.95. The van der Waals surface area contributed by atoms with Crippen molar-refractivity contribution in [3.63, 3.8) is 0 Å². The second-order valence-electron chi connectivity index (χ2n) is 10.3. The molecule has 39 heavy (non-hydrogen) atoms. The lowest BCUT2D eigenvalue weighted by Gasteiger charge is -2.33. The molecule has 1 aliphatic carbocycles. The van der Waals surface area contributed by atoms with E-state index in [0.717, 1.165) is 41.1 Å². The molecule has 2 aliphatic rings. The third kappa shape index (κ3) is 7.23. The minimum atomic E-state index is -3.83. The fourth-order valence-corrected chi connectivity index (χ4v) is 6.00. The van der Waals surface area contributed by atoms with Crippen LogP contribution in [-0.2, 0) is 26.2 Å². The van der Waals surface area contributed by atoms with Gasteiger partial charge in [0.25, 0.3) is 0 Å². The van der Waals surface area contributed by atoms with Crippen molar-refractivity contribution in [2.45, 2.75) is 71.5 Å². The highest BCUT2D eigenvalue weighted by Gasteiger charge is 2.32. The van der Waals surface area contributed by atoms with Gasteiger partial charge < -0.3 is 19.7 Å². The van der Waals surface area contributed by atoms with Gasteiger partial charge in [-0.1, -0.05) is 49.1 Å². The van der Waals surface area contributed by atoms with Crippen LogP contribution in [0, 0.1) is 6.92 Å². The second-order valence-corrected chi connectivity index (χ2v) is 12.4. The van der Waals surface area contributed by atoms with Crippen LogP contribution in [0.25, 0.3) is 0 Å². The van der Waals surface area contributed by atoms with E-state index in [1.165, 1.54) is 18.2 Å². The van der Waals surface area contributed by atoms with Crippen LogP contribution in [0.4, 0.5) is 5.69 Å². The summed E-state index contributed by atoms with van der Waals surface area (Å²) in [6, 6.07) is 11.9. The highest BCUT2D eigenvalue weighted by molar-refractivity contribution is 7.92. The van der Waals surface area contributed by atoms with Crippen molar-refractivity contribution in [3.8, 4) is 11.5 Å². The Morgan fingerprint density at radius 1 is 1.00 bits per heavy atom. The lowest BCUT2D eigenvalue weighted by Crippen LogP contribution is -2.53. The number of fused-ring (bicyclic) bond motifs is 1. The Morgan fingerprint density at radius 2 is 1.67 bits per heavy atom. The zero-order valence-electron chi connectivity index (χ0n) is 23.0. The Bertz CT molecular complexity index is 1260. The van der Waals surface area contributed by atoms with Crippen LogP contribution < -0.4 is 19.1 Å². The number of carbonyl (C=O) groups excluding carboxylic acids is 2. The summed E-state index contributed by atoms with van der Waals surface area (Å²) in [5, 5.41) is 3.11. The number of hydrogen-bond acceptors (Lipinski definition) is 6. The number of amides is 2. The first-order valence-electron chi connectivity index (χ1n) is 13.7. The molecule has 2 aromatic carbocycles. The molecule has 1 atom stereocenters. The lowest BCUT2D eigenvalue weighted by atomic mass is 9.95. The summed E-state index contributed by atoms with van der Waals surface area (Å²) in [4.78, 5) is 28.6. The third-order valence-corrected chi connectivity index (χ3v) is 9.13. The molecular weight excluding hydrogens is 518 g/mol. The van der Waals surface area contributed by atoms with Crippen molar-refractivity contribution in [1.29, 1.82) is 0 Å². The Kier molecular flexibility index (Phi) is 9.37. The van der Waals surface area contributed by atoms with Gasteiger partial charge in [-0.2, -0.15) is 0 Å². The lowest BCUT2D eigenvalue weighted by molar-refractivity contribution is -0.139. The van der Waals surface area contributed by atoms with E-state index >= 15 is 0 Å². The van der Waals surface area contributed by atoms with Crippen LogP contribution in [0.5, 0.6) is 11.5 Å². The summed E-state index contributed by atoms with van der Waals surface area (Å²) >= 11 is 0. The maximum atomic E-state index is 13.9. The quantitative estimate of drug-likeness (QED) is 0.477. The van der Waals surface area contributed by atoms with E-state index in [2.05, 4.69) is 5.32 Å². The van der Waals surface area contributed by atoms with Gasteiger partial charge in [-0.15, -0.1) is 0 Å². The number of benzene rings is 2. The van der Waals surface area contributed by atoms with Gasteiger partial charge in [-0.05, 0) is 51.3 Å². The maximum Gasteiger partial charge on any atom is 0.244 e. The number of hydrogen-bond donors (Lipinski definition) is 1. The molecule has 0 bridgehead atoms. The topological polar surface area (TPSA) is 105 Å². The average molecular weight is 558 g/mol. The van der Waals surface area contributed by atoms with E-state index in [-0.39, 0.29) is 24.2 Å². The van der Waals surface area contributed by atoms with Crippen LogP contribution in [0.15, 0.2) is 42.5 Å². The fraction of sp³-hybridized carbons (Fsp3) is 0.517. The predicted molar refractivity (Wildman–Crippen MR) is 150 cm³/mol. The predicted octanol–water partition coefficient (Wildman–Crippen LogP) is 3.79. The number of ether oxygens (including phenoxy) is 2. The van der Waals surface area contributed by atoms with E-state index < -0.39 is 28.5 Å². The molecular formula is C29H39N3O6S. The number of nitrogens with one attached hydrogen (secondary N) is 1. The Balaban J connectivity index is 1.61. The molecule has 2 amide bonds. The van der Waals surface area contributed by atoms with Crippen LogP contribution in [0.2, 0.25) is 0 Å². The molecule has 1 aliphatic heterocycles. The smallest absolute Gasteiger partial charge is 0.244 e. The minimum Gasteiger partial charge on any atom is -0.486 e. The van der Waals surface area contributed by atoms with Gasteiger partial charge in [0.05, 0.1) is 11.4 Å². The molecule has 0 aromatic heterocycles. The summed E-state index contributed by atoms with van der Waals surface area (Å²) in [6.45, 7) is 5.72. The standard InChI is InChI=1S/C29H39N3O6S/c1-4-39(35,36)32(25-14-15-26-27(18-25)38-17-16-37-26)20-28(33)31(19-23-12-10-21(2)11-13-23)22(3)29(34)30-24-8-6-5-7-9-24/h10-15,18,22,24H,4-9,16-17,19-20H2,1-3H3,(H,30,34). The van der Waals surface area contributed by atoms with Crippen LogP contribution in [0.3, 0.4) is 0 Å². The Morgan fingerprint density at radius 3 is 2.33 bits per heavy atom. The number of aryl methyl sites for hydroxylation is 1. The zero-order chi connectivity index (χ0) is 28.0. The van der Waals surface area contributed by atoms with E-state index in [4.69, 9.17) is 9.47 Å². The Labute approximate surface area is 231 Å². The van der Waals surface area contributed by atoms with Crippen LogP contribution >= 0.6 is 0 Å². The van der Waals surface area contributed by atoms with Gasteiger partial charge in [-0.25, -0.2) is 8.42 Å². The number of anilines is 1. The van der Waals surface area contributed by atoms with E-state index in [1.807, 2.05) is 31.2 Å². The van der Waals surface area contributed by atoms with E-state index in [9.17, 15) is 18.0 Å². The summed E-state index contributed by atoms with van der Waals surface area (Å²) < 4.78 is 38.7. The van der Waals surface area contributed by atoms with Gasteiger partial charge in [0.2, 0.25) is 21.8 Å². The highest BCUT2D eigenvalue weighted by atomic mass is 32.2. The largest absolute Gasteiger partial charge is 0.486 e. The van der Waals surface area contributed by atoms with Gasteiger partial charge in [0.15, 0.2) is 11.5 Å². The number of rotatable bonds is 10. The maximum absolute atomic E-state index is 13.9. The average Bonchev–Trinajstić information content (AvgIpc) is 2.95. The molecule has 0 spiro atoms. The Hall–Kier alpha value is -3.27. The van der Waals surface area contributed by atoms with Crippen molar-refractivity contribution in [3.05, 3.63) is 53.6 Å². The van der Waals surface area contributed by atoms with Crippen molar-refractivity contribution in [1.82, 2.24) is 10.2 Å². The molecule has 4 rings (SSSR count). The normalized spacial score (nSPS) is 16.3. The monoisotopic (exact) mass is 557 g/mol. The molecule has 1 heterocycles. The van der Waals surface area contributed by atoms with Crippen LogP contribution in [0.1, 0.15) is 57.1 Å². The minimum absolute atomic E-state index is 0.0970. The van der Waals surface area contributed by atoms with Crippen molar-refractivity contribution >= 4 is 27.5 Å². The molecule has 10 heteroatoms. The molecule has 1 fully saturated rings. The van der Waals surface area contributed by atoms with Crippen LogP contribution in [-0.4, -0.2) is 62.7 Å². The van der Waals surface area contributed by atoms with Crippen molar-refractivity contribution in [2.24, 2.45) is 0 Å². The number of sulfonamides is 1. The second kappa shape index (κ2) is 12.7. The highest BCUT2D eigenvalue weighted by Crippen LogP contribution is 2.35. The van der Waals surface area contributed by atoms with E-state index in [0.29, 0.717) is 30.4 Å². The number of nitrogens with zero attached hydrogens (tertiary/aromatic N) is 2. The first kappa shape index (κ1) is 28.7. The van der Waals surface area contributed by atoms with Gasteiger partial charge >= 0.3 is 0 Å². The van der Waals surface area contributed by atoms with Gasteiger partial charge in [0, 0.05) is 18.7 Å². The zero-order valence-corrected chi connectivity index (χ0v) is 23.8. The summed E-state index contributed by atoms with van der Waals surface area (Å²) in [7, 11) is -3.83. The van der Waals surface area contributed by atoms with Crippen molar-refractivity contribution in [2.75, 3.05) is 29.8 Å². The molecule has 212 valence electrons. The summed E-state index contributed by atoms with van der Waals surface area (Å²) in [5.74, 6) is 0.0727. The molecule has 2 aromatic rings. The summed E-state index contributed by atoms with van der Waals surface area (Å²) in [5.41, 5.74) is 2.25. The first-order valence-corrected chi connectivity index (χ1v) is 15.3. The molecule has 0 saturated heterocycles. The molecule has 1 saturated carbocycles.